The summed E-state index contributed by atoms with van der Waals surface area (Å²) in [5, 5.41) is 4.12. The first-order valence-corrected chi connectivity index (χ1v) is 10.6. The third-order valence-electron chi connectivity index (χ3n) is 4.95. The van der Waals surface area contributed by atoms with E-state index in [1.807, 2.05) is 0 Å². The van der Waals surface area contributed by atoms with Gasteiger partial charge in [0.25, 0.3) is 0 Å². The number of aromatic nitrogens is 3. The molecule has 0 unspecified atom stereocenters. The standard InChI is InChI=1S/C23H20Cl2N4O4/c1-31-12-17(30)14-10-13(32-2)11-18(33-3)19(14)21-22(29-9-5-8-26-23(29)28-21)27-20-15(24)6-4-7-16(20)25/h4-11,27H,12H2,1-3H3. The van der Waals surface area contributed by atoms with Crippen molar-refractivity contribution in [2.24, 2.45) is 0 Å². The summed E-state index contributed by atoms with van der Waals surface area (Å²) in [5.41, 5.74) is 1.69. The van der Waals surface area contributed by atoms with Gasteiger partial charge in [0.05, 0.1) is 35.5 Å². The number of hydrogen-bond donors (Lipinski definition) is 1. The molecular formula is C23H20Cl2N4O4. The van der Waals surface area contributed by atoms with Gasteiger partial charge in [-0.2, -0.15) is 0 Å². The lowest BCUT2D eigenvalue weighted by molar-refractivity contribution is 0.0848. The Bertz CT molecular complexity index is 1320. The summed E-state index contributed by atoms with van der Waals surface area (Å²) in [6.07, 6.45) is 3.42. The van der Waals surface area contributed by atoms with Crippen LogP contribution in [0.5, 0.6) is 11.5 Å². The SMILES string of the molecule is COCC(=O)c1cc(OC)cc(OC)c1-c1nc2ncccn2c1Nc1c(Cl)cccc1Cl. The van der Waals surface area contributed by atoms with Gasteiger partial charge >= 0.3 is 0 Å². The quantitative estimate of drug-likeness (QED) is 0.338. The van der Waals surface area contributed by atoms with E-state index in [0.717, 1.165) is 0 Å². The van der Waals surface area contributed by atoms with E-state index >= 15 is 0 Å². The van der Waals surface area contributed by atoms with E-state index in [2.05, 4.69) is 10.3 Å². The number of ether oxygens (including phenoxy) is 3. The Labute approximate surface area is 200 Å². The predicted octanol–water partition coefficient (Wildman–Crippen LogP) is 5.29. The topological polar surface area (TPSA) is 87.0 Å². The molecule has 8 nitrogen and oxygen atoms in total. The first-order valence-electron chi connectivity index (χ1n) is 9.81. The van der Waals surface area contributed by atoms with Gasteiger partial charge in [-0.3, -0.25) is 9.20 Å². The molecule has 0 saturated carbocycles. The van der Waals surface area contributed by atoms with E-state index in [1.54, 1.807) is 53.2 Å². The second-order valence-electron chi connectivity index (χ2n) is 6.93. The molecule has 33 heavy (non-hydrogen) atoms. The minimum atomic E-state index is -0.267. The molecule has 0 fully saturated rings. The molecule has 10 heteroatoms. The number of methoxy groups -OCH3 is 3. The zero-order chi connectivity index (χ0) is 23.5. The van der Waals surface area contributed by atoms with Crippen LogP contribution in [0.25, 0.3) is 17.0 Å². The number of Topliss-reactive ketones (excluding diaryl/α,β-unsaturated/α-hetero) is 1. The summed E-state index contributed by atoms with van der Waals surface area (Å²) in [6.45, 7) is -0.131. The van der Waals surface area contributed by atoms with Crippen LogP contribution >= 0.6 is 23.2 Å². The smallest absolute Gasteiger partial charge is 0.235 e. The third kappa shape index (κ3) is 4.32. The maximum absolute atomic E-state index is 13.0. The summed E-state index contributed by atoms with van der Waals surface area (Å²) in [6, 6.07) is 10.3. The number of benzene rings is 2. The lowest BCUT2D eigenvalue weighted by Crippen LogP contribution is -2.10. The lowest BCUT2D eigenvalue weighted by atomic mass is 9.99. The Morgan fingerprint density at radius 2 is 1.85 bits per heavy atom. The number of ketones is 1. The molecule has 170 valence electrons. The van der Waals surface area contributed by atoms with Crippen LogP contribution in [0.3, 0.4) is 0 Å². The van der Waals surface area contributed by atoms with Crippen molar-refractivity contribution in [3.05, 3.63) is 64.4 Å². The normalized spacial score (nSPS) is 10.9. The molecule has 2 aromatic heterocycles. The number of imidazole rings is 1. The van der Waals surface area contributed by atoms with Crippen LogP contribution in [0, 0.1) is 0 Å². The fourth-order valence-electron chi connectivity index (χ4n) is 3.46. The molecule has 4 rings (SSSR count). The van der Waals surface area contributed by atoms with Gasteiger partial charge < -0.3 is 19.5 Å². The molecule has 0 amide bonds. The predicted molar refractivity (Wildman–Crippen MR) is 127 cm³/mol. The van der Waals surface area contributed by atoms with Crippen molar-refractivity contribution in [1.82, 2.24) is 14.4 Å². The van der Waals surface area contributed by atoms with Crippen molar-refractivity contribution in [3.63, 3.8) is 0 Å². The molecule has 0 aliphatic heterocycles. The first-order chi connectivity index (χ1) is 16.0. The molecule has 0 spiro atoms. The molecule has 0 saturated heterocycles. The van der Waals surface area contributed by atoms with Crippen molar-refractivity contribution < 1.29 is 19.0 Å². The number of rotatable bonds is 8. The van der Waals surface area contributed by atoms with Crippen LogP contribution in [0.15, 0.2) is 48.8 Å². The largest absolute Gasteiger partial charge is 0.497 e. The minimum Gasteiger partial charge on any atom is -0.497 e. The molecule has 0 aliphatic carbocycles. The molecule has 0 atom stereocenters. The molecule has 0 radical (unpaired) electrons. The Kier molecular flexibility index (Phi) is 6.69. The molecule has 1 N–H and O–H groups in total. The molecular weight excluding hydrogens is 467 g/mol. The number of anilines is 2. The maximum atomic E-state index is 13.0. The van der Waals surface area contributed by atoms with Gasteiger partial charge in [-0.05, 0) is 24.3 Å². The molecule has 0 bridgehead atoms. The van der Waals surface area contributed by atoms with Crippen LogP contribution < -0.4 is 14.8 Å². The Balaban J connectivity index is 2.03. The van der Waals surface area contributed by atoms with E-state index in [4.69, 9.17) is 42.4 Å². The fourth-order valence-corrected chi connectivity index (χ4v) is 3.95. The minimum absolute atomic E-state index is 0.131. The summed E-state index contributed by atoms with van der Waals surface area (Å²) >= 11 is 12.8. The van der Waals surface area contributed by atoms with E-state index in [-0.39, 0.29) is 12.4 Å². The number of carbonyl (C=O) groups is 1. The molecule has 2 heterocycles. The highest BCUT2D eigenvalue weighted by Gasteiger charge is 2.26. The van der Waals surface area contributed by atoms with Gasteiger partial charge in [0.1, 0.15) is 29.6 Å². The molecule has 4 aromatic rings. The van der Waals surface area contributed by atoms with Crippen LogP contribution in [0.2, 0.25) is 10.0 Å². The Hall–Kier alpha value is -3.33. The Morgan fingerprint density at radius 1 is 1.09 bits per heavy atom. The van der Waals surface area contributed by atoms with Gasteiger partial charge in [0, 0.05) is 31.1 Å². The number of nitrogens with zero attached hydrogens (tertiary/aromatic N) is 3. The van der Waals surface area contributed by atoms with Crippen LogP contribution in [-0.2, 0) is 4.74 Å². The van der Waals surface area contributed by atoms with Crippen molar-refractivity contribution in [1.29, 1.82) is 0 Å². The van der Waals surface area contributed by atoms with Gasteiger partial charge in [-0.1, -0.05) is 29.3 Å². The van der Waals surface area contributed by atoms with E-state index < -0.39 is 0 Å². The monoisotopic (exact) mass is 486 g/mol. The summed E-state index contributed by atoms with van der Waals surface area (Å²) in [7, 11) is 4.48. The second kappa shape index (κ2) is 9.66. The van der Waals surface area contributed by atoms with Gasteiger partial charge in [0.2, 0.25) is 5.78 Å². The highest BCUT2D eigenvalue weighted by Crippen LogP contribution is 2.42. The highest BCUT2D eigenvalue weighted by molar-refractivity contribution is 6.39. The van der Waals surface area contributed by atoms with Crippen molar-refractivity contribution in [2.75, 3.05) is 33.3 Å². The lowest BCUT2D eigenvalue weighted by Gasteiger charge is -2.16. The van der Waals surface area contributed by atoms with E-state index in [1.165, 1.54) is 21.3 Å². The molecule has 2 aromatic carbocycles. The van der Waals surface area contributed by atoms with Gasteiger partial charge in [-0.15, -0.1) is 0 Å². The Morgan fingerprint density at radius 3 is 2.52 bits per heavy atom. The highest BCUT2D eigenvalue weighted by atomic mass is 35.5. The number of fused-ring (bicyclic) bond motifs is 1. The second-order valence-corrected chi connectivity index (χ2v) is 7.74. The van der Waals surface area contributed by atoms with E-state index in [9.17, 15) is 4.79 Å². The van der Waals surface area contributed by atoms with Crippen molar-refractivity contribution in [2.45, 2.75) is 0 Å². The van der Waals surface area contributed by atoms with Gasteiger partial charge in [0.15, 0.2) is 5.78 Å². The van der Waals surface area contributed by atoms with E-state index in [0.29, 0.717) is 55.6 Å². The zero-order valence-corrected chi connectivity index (χ0v) is 19.6. The summed E-state index contributed by atoms with van der Waals surface area (Å²) in [4.78, 5) is 22.1. The van der Waals surface area contributed by atoms with Crippen LogP contribution in [-0.4, -0.2) is 48.1 Å². The van der Waals surface area contributed by atoms with Crippen LogP contribution in [0.4, 0.5) is 11.5 Å². The average molecular weight is 487 g/mol. The summed E-state index contributed by atoms with van der Waals surface area (Å²) in [5.74, 6) is 1.49. The maximum Gasteiger partial charge on any atom is 0.235 e. The van der Waals surface area contributed by atoms with Crippen molar-refractivity contribution in [3.8, 4) is 22.8 Å². The molecule has 0 aliphatic rings. The van der Waals surface area contributed by atoms with Crippen LogP contribution in [0.1, 0.15) is 10.4 Å². The van der Waals surface area contributed by atoms with Crippen molar-refractivity contribution >= 4 is 46.3 Å². The third-order valence-corrected chi connectivity index (χ3v) is 5.58. The zero-order valence-electron chi connectivity index (χ0n) is 18.1. The summed E-state index contributed by atoms with van der Waals surface area (Å²) < 4.78 is 17.8. The number of carbonyl (C=O) groups excluding carboxylic acids is 1. The average Bonchev–Trinajstić information content (AvgIpc) is 3.18. The number of hydrogen-bond acceptors (Lipinski definition) is 7. The fraction of sp³-hybridized carbons (Fsp3) is 0.174. The first kappa shape index (κ1) is 22.8. The van der Waals surface area contributed by atoms with Gasteiger partial charge in [-0.25, -0.2) is 9.97 Å². The number of halogens is 2. The number of para-hydroxylation sites is 1. The number of nitrogens with one attached hydrogen (secondary N) is 1.